The van der Waals surface area contributed by atoms with Crippen molar-refractivity contribution in [1.82, 2.24) is 3.26 Å². The quantitative estimate of drug-likeness (QED) is 0.442. The van der Waals surface area contributed by atoms with Crippen molar-refractivity contribution in [1.29, 1.82) is 0 Å². The number of hydrogen-bond donors (Lipinski definition) is 1. The van der Waals surface area contributed by atoms with E-state index in [0.29, 0.717) is 3.63 Å². The second kappa shape index (κ2) is 10.4. The number of fused-ring (bicyclic) bond motifs is 3. The summed E-state index contributed by atoms with van der Waals surface area (Å²) in [6.07, 6.45) is 0. The summed E-state index contributed by atoms with van der Waals surface area (Å²) >= 11 is -2.27. The summed E-state index contributed by atoms with van der Waals surface area (Å²) in [4.78, 5) is 13.2. The fourth-order valence-electron chi connectivity index (χ4n) is 4.35. The second-order valence-corrected chi connectivity index (χ2v) is 26.8. The molecule has 2 nitrogen and oxygen atoms in total. The van der Waals surface area contributed by atoms with Crippen LogP contribution in [0.25, 0.3) is 11.1 Å². The molecular formula is C24H26Cl2NOSiZr. The first-order chi connectivity index (χ1) is 13.5. The molecule has 0 radical (unpaired) electrons. The first kappa shape index (κ1) is 25.1. The molecule has 0 aromatic heterocycles. The monoisotopic (exact) mass is 532 g/mol. The normalized spacial score (nSPS) is 11.8. The minimum atomic E-state index is -2.27. The zero-order valence-electron chi connectivity index (χ0n) is 17.7. The van der Waals surface area contributed by atoms with Gasteiger partial charge in [0.05, 0.1) is 0 Å². The third-order valence-electron chi connectivity index (χ3n) is 5.51. The summed E-state index contributed by atoms with van der Waals surface area (Å²) in [5.41, 5.74) is 8.68. The van der Waals surface area contributed by atoms with Gasteiger partial charge in [-0.1, -0.05) is 0 Å². The SMILES string of the molecule is Cc1cc(C)cc(C(=O)[NH][Zr+2]([CH]2c3ccccc3-c3ccccc32)[SiH](C)C)c1.[Cl-].[Cl-]. The van der Waals surface area contributed by atoms with Gasteiger partial charge in [0.2, 0.25) is 0 Å². The Morgan fingerprint density at radius 1 is 0.833 bits per heavy atom. The average Bonchev–Trinajstić information content (AvgIpc) is 2.99. The first-order valence-electron chi connectivity index (χ1n) is 9.90. The number of carbonyl (C=O) groups excluding carboxylic acids is 1. The number of carbonyl (C=O) groups is 1. The van der Waals surface area contributed by atoms with Gasteiger partial charge in [0, 0.05) is 0 Å². The first-order valence-corrected chi connectivity index (χ1v) is 19.7. The molecule has 1 aliphatic rings. The van der Waals surface area contributed by atoms with Crippen molar-refractivity contribution in [2.24, 2.45) is 0 Å². The average molecular weight is 535 g/mol. The van der Waals surface area contributed by atoms with E-state index in [1.807, 2.05) is 12.1 Å². The van der Waals surface area contributed by atoms with E-state index >= 15 is 0 Å². The number of hydrogen-bond acceptors (Lipinski definition) is 1. The van der Waals surface area contributed by atoms with Gasteiger partial charge >= 0.3 is 177 Å². The number of aryl methyl sites for hydroxylation is 2. The summed E-state index contributed by atoms with van der Waals surface area (Å²) in [6.45, 7) is 8.95. The van der Waals surface area contributed by atoms with Crippen LogP contribution in [0, 0.1) is 13.8 Å². The molecule has 1 N–H and O–H groups in total. The van der Waals surface area contributed by atoms with Crippen LogP contribution in [0.4, 0.5) is 0 Å². The summed E-state index contributed by atoms with van der Waals surface area (Å²) in [5, 5.41) is 0. The summed E-state index contributed by atoms with van der Waals surface area (Å²) < 4.78 is 4.06. The zero-order valence-corrected chi connectivity index (χ0v) is 22.8. The van der Waals surface area contributed by atoms with Gasteiger partial charge in [-0.2, -0.15) is 0 Å². The van der Waals surface area contributed by atoms with Crippen LogP contribution in [0.2, 0.25) is 13.1 Å². The predicted molar refractivity (Wildman–Crippen MR) is 116 cm³/mol. The van der Waals surface area contributed by atoms with Crippen molar-refractivity contribution >= 4 is 11.8 Å². The predicted octanol–water partition coefficient (Wildman–Crippen LogP) is -0.672. The van der Waals surface area contributed by atoms with E-state index in [1.165, 1.54) is 22.3 Å². The molecule has 4 rings (SSSR count). The Labute approximate surface area is 201 Å². The molecule has 0 unspecified atom stereocenters. The fourth-order valence-corrected chi connectivity index (χ4v) is 19.5. The maximum atomic E-state index is 13.2. The third kappa shape index (κ3) is 4.83. The van der Waals surface area contributed by atoms with Gasteiger partial charge in [-0.25, -0.2) is 0 Å². The molecule has 0 fully saturated rings. The topological polar surface area (TPSA) is 29.1 Å². The molecule has 0 saturated heterocycles. The van der Waals surface area contributed by atoms with Gasteiger partial charge in [0.15, 0.2) is 0 Å². The number of halogens is 2. The van der Waals surface area contributed by atoms with Crippen molar-refractivity contribution in [3.63, 3.8) is 0 Å². The van der Waals surface area contributed by atoms with Crippen molar-refractivity contribution < 1.29 is 50.8 Å². The maximum Gasteiger partial charge on any atom is -1.00 e. The second-order valence-electron chi connectivity index (χ2n) is 8.05. The Morgan fingerprint density at radius 2 is 1.30 bits per heavy atom. The van der Waals surface area contributed by atoms with E-state index < -0.39 is 27.1 Å². The van der Waals surface area contributed by atoms with E-state index in [2.05, 4.69) is 84.8 Å². The Morgan fingerprint density at radius 3 is 1.77 bits per heavy atom. The Hall–Kier alpha value is -1.19. The van der Waals surface area contributed by atoms with Crippen LogP contribution in [-0.4, -0.2) is 11.8 Å². The van der Waals surface area contributed by atoms with Crippen LogP contribution >= 0.6 is 0 Å². The van der Waals surface area contributed by atoms with Crippen LogP contribution < -0.4 is 28.1 Å². The number of nitrogens with one attached hydrogen (secondary N) is 1. The zero-order chi connectivity index (χ0) is 19.8. The largest absolute Gasteiger partial charge is 1.00 e. The van der Waals surface area contributed by atoms with Gasteiger partial charge in [-0.05, 0) is 0 Å². The molecule has 0 aliphatic heterocycles. The van der Waals surface area contributed by atoms with E-state index in [1.54, 1.807) is 0 Å². The Balaban J connectivity index is 0.00000160. The van der Waals surface area contributed by atoms with E-state index in [0.717, 1.165) is 16.7 Å². The molecule has 1 amide bonds. The van der Waals surface area contributed by atoms with Gasteiger partial charge in [-0.3, -0.25) is 0 Å². The van der Waals surface area contributed by atoms with Crippen LogP contribution in [0.1, 0.15) is 36.2 Å². The van der Waals surface area contributed by atoms with Crippen LogP contribution in [0.15, 0.2) is 66.7 Å². The smallest absolute Gasteiger partial charge is 1.00 e. The molecule has 6 heteroatoms. The molecule has 3 aromatic carbocycles. The van der Waals surface area contributed by atoms with E-state index in [9.17, 15) is 4.79 Å². The van der Waals surface area contributed by atoms with Gasteiger partial charge in [0.25, 0.3) is 0 Å². The number of amides is 1. The molecule has 0 atom stereocenters. The standard InChI is InChI=1S/C13H9.C9H11NO.C2H7Si.2ClH.Zr/c1-3-7-12-10(5-1)9-11-6-2-4-8-13(11)12;1-6-3-7(2)5-8(4-6)9(10)11;1-3-2;;;/h1-9H;3-5H,1-2H3,(H2,10,11);3H,1-2H3;2*1H;/q;;;;;+3/p-3. The molecule has 30 heavy (non-hydrogen) atoms. The fraction of sp³-hybridized carbons (Fsp3) is 0.208. The van der Waals surface area contributed by atoms with Crippen molar-refractivity contribution in [3.05, 3.63) is 94.5 Å². The number of benzene rings is 3. The minimum Gasteiger partial charge on any atom is -1.00 e. The molecular weight excluding hydrogens is 508 g/mol. The molecule has 3 aromatic rings. The summed E-state index contributed by atoms with van der Waals surface area (Å²) in [6, 6.07) is 23.7. The van der Waals surface area contributed by atoms with Crippen LogP contribution in [0.5, 0.6) is 0 Å². The minimum absolute atomic E-state index is 0. The van der Waals surface area contributed by atoms with Gasteiger partial charge < -0.3 is 24.8 Å². The maximum absolute atomic E-state index is 13.2. The van der Waals surface area contributed by atoms with Crippen molar-refractivity contribution in [3.8, 4) is 11.1 Å². The third-order valence-corrected chi connectivity index (χ3v) is 23.1. The Kier molecular flexibility index (Phi) is 8.70. The molecule has 0 bridgehead atoms. The van der Waals surface area contributed by atoms with E-state index in [4.69, 9.17) is 0 Å². The van der Waals surface area contributed by atoms with Crippen molar-refractivity contribution in [2.75, 3.05) is 0 Å². The number of rotatable bonds is 4. The summed E-state index contributed by atoms with van der Waals surface area (Å²) in [5.74, 6) is -0.867. The summed E-state index contributed by atoms with van der Waals surface area (Å²) in [7, 11) is 0. The molecule has 0 saturated carbocycles. The molecule has 0 spiro atoms. The molecule has 155 valence electrons. The van der Waals surface area contributed by atoms with Crippen LogP contribution in [0.3, 0.4) is 0 Å². The van der Waals surface area contributed by atoms with Crippen molar-refractivity contribution in [2.45, 2.75) is 30.6 Å². The van der Waals surface area contributed by atoms with Gasteiger partial charge in [0.1, 0.15) is 0 Å². The molecule has 1 aliphatic carbocycles. The van der Waals surface area contributed by atoms with Gasteiger partial charge in [-0.15, -0.1) is 0 Å². The Bertz CT molecular complexity index is 991. The van der Waals surface area contributed by atoms with E-state index in [-0.39, 0.29) is 30.7 Å². The van der Waals surface area contributed by atoms with Crippen LogP contribution in [-0.2, 0) is 21.2 Å². The molecule has 0 heterocycles.